The molecule has 2 fully saturated rings. The molecule has 0 spiro atoms. The molecular formula is C32H45ClN6O2. The third-order valence-corrected chi connectivity index (χ3v) is 7.62. The average molecular weight is 581 g/mol. The number of fused-ring (bicyclic) bond motifs is 1. The quantitative estimate of drug-likeness (QED) is 0.298. The summed E-state index contributed by atoms with van der Waals surface area (Å²) >= 11 is 6.33. The van der Waals surface area contributed by atoms with Gasteiger partial charge in [-0.2, -0.15) is 0 Å². The molecule has 4 rings (SSSR count). The van der Waals surface area contributed by atoms with Gasteiger partial charge in [0.25, 0.3) is 0 Å². The molecule has 1 amide bonds. The first-order valence-electron chi connectivity index (χ1n) is 14.3. The van der Waals surface area contributed by atoms with Gasteiger partial charge in [0, 0.05) is 62.8 Å². The summed E-state index contributed by atoms with van der Waals surface area (Å²) in [5.74, 6) is 0. The highest BCUT2D eigenvalue weighted by Gasteiger charge is 2.42. The molecule has 1 aromatic carbocycles. The normalized spacial score (nSPS) is 22.8. The lowest BCUT2D eigenvalue weighted by Gasteiger charge is -2.27. The van der Waals surface area contributed by atoms with Crippen molar-refractivity contribution in [3.05, 3.63) is 76.1 Å². The first-order chi connectivity index (χ1) is 19.7. The van der Waals surface area contributed by atoms with Crippen LogP contribution < -0.4 is 16.4 Å². The van der Waals surface area contributed by atoms with E-state index in [9.17, 15) is 4.79 Å². The van der Waals surface area contributed by atoms with Crippen molar-refractivity contribution < 1.29 is 9.53 Å². The Morgan fingerprint density at radius 1 is 1.27 bits per heavy atom. The van der Waals surface area contributed by atoms with Crippen molar-refractivity contribution in [1.82, 2.24) is 15.5 Å². The van der Waals surface area contributed by atoms with Gasteiger partial charge in [-0.05, 0) is 86.9 Å². The number of hydrogen-bond donors (Lipinski definition) is 3. The maximum Gasteiger partial charge on any atom is 0.410 e. The van der Waals surface area contributed by atoms with Gasteiger partial charge in [-0.1, -0.05) is 35.9 Å². The largest absolute Gasteiger partial charge is 0.443 e. The van der Waals surface area contributed by atoms with E-state index < -0.39 is 0 Å². The minimum absolute atomic E-state index is 0.137. The molecule has 1 aromatic rings. The summed E-state index contributed by atoms with van der Waals surface area (Å²) in [6, 6.07) is 5.76. The van der Waals surface area contributed by atoms with Crippen molar-refractivity contribution in [3.63, 3.8) is 0 Å². The summed E-state index contributed by atoms with van der Waals surface area (Å²) in [7, 11) is 1.72. The lowest BCUT2D eigenvalue weighted by atomic mass is 9.84. The highest BCUT2D eigenvalue weighted by Crippen LogP contribution is 2.39. The van der Waals surface area contributed by atoms with E-state index in [2.05, 4.69) is 45.8 Å². The molecule has 222 valence electrons. The van der Waals surface area contributed by atoms with Crippen LogP contribution in [0, 0.1) is 0 Å². The third-order valence-electron chi connectivity index (χ3n) is 7.38. The Labute approximate surface area is 250 Å². The molecule has 2 aliphatic carbocycles. The Hall–Kier alpha value is -3.20. The Bertz CT molecular complexity index is 1240. The van der Waals surface area contributed by atoms with Crippen molar-refractivity contribution >= 4 is 35.3 Å². The number of hydrogen-bond acceptors (Lipinski definition) is 6. The van der Waals surface area contributed by atoms with Crippen molar-refractivity contribution in [3.8, 4) is 0 Å². The van der Waals surface area contributed by atoms with E-state index in [1.165, 1.54) is 11.1 Å². The second kappa shape index (κ2) is 15.7. The minimum atomic E-state index is -0.248. The SMILES string of the molecule is CC1(OC(=O)N2CCNCC2)CC1.C\C=C/N=C1\Cc2ccc(Cl)cc2/C([C@@H](N)/C(C)=C/NC=NC)=C\C\C1=C\C. The van der Waals surface area contributed by atoms with Crippen LogP contribution in [0.3, 0.4) is 0 Å². The molecular weight excluding hydrogens is 536 g/mol. The zero-order valence-electron chi connectivity index (χ0n) is 25.0. The highest BCUT2D eigenvalue weighted by atomic mass is 35.5. The minimum Gasteiger partial charge on any atom is -0.443 e. The molecule has 1 saturated heterocycles. The van der Waals surface area contributed by atoms with E-state index in [4.69, 9.17) is 22.1 Å². The Morgan fingerprint density at radius 3 is 2.63 bits per heavy atom. The molecule has 8 nitrogen and oxygen atoms in total. The number of ether oxygens (including phenoxy) is 1. The topological polar surface area (TPSA) is 104 Å². The third kappa shape index (κ3) is 9.69. The van der Waals surface area contributed by atoms with E-state index in [1.807, 2.05) is 51.4 Å². The maximum atomic E-state index is 11.5. The van der Waals surface area contributed by atoms with Gasteiger partial charge in [0.05, 0.1) is 12.4 Å². The van der Waals surface area contributed by atoms with Crippen LogP contribution in [0.15, 0.2) is 70.0 Å². The van der Waals surface area contributed by atoms with Gasteiger partial charge >= 0.3 is 6.09 Å². The number of nitrogens with zero attached hydrogens (tertiary/aromatic N) is 3. The lowest BCUT2D eigenvalue weighted by Crippen LogP contribution is -2.47. The van der Waals surface area contributed by atoms with Crippen LogP contribution in [0.2, 0.25) is 5.02 Å². The molecule has 1 aliphatic heterocycles. The standard InChI is InChI=1S/C23H29ClN4.C9H16N2O2/c1-5-11-28-22-12-18-7-9-19(24)13-21(18)20(10-8-17(22)6-2)23(25)16(3)14-27-15-26-4;1-9(2-3-9)13-8(12)11-6-4-10-5-7-11/h5-7,9-11,13-15,23H,8,12,25H2,1-4H3,(H,26,27);10H,2-7H2,1H3/b11-5-,16-14+,17-6-,20-10+,28-22+;/t23-;/m0./s1. The first-order valence-corrected chi connectivity index (χ1v) is 14.7. The number of allylic oxidation sites excluding steroid dienone is 4. The van der Waals surface area contributed by atoms with Gasteiger partial charge in [-0.15, -0.1) is 0 Å². The molecule has 0 radical (unpaired) electrons. The number of carbonyl (C=O) groups is 1. The molecule has 4 N–H and O–H groups in total. The van der Waals surface area contributed by atoms with Crippen LogP contribution in [-0.4, -0.2) is 67.9 Å². The van der Waals surface area contributed by atoms with E-state index in [0.29, 0.717) is 5.02 Å². The fourth-order valence-corrected chi connectivity index (χ4v) is 4.74. The summed E-state index contributed by atoms with van der Waals surface area (Å²) in [5.41, 5.74) is 13.1. The van der Waals surface area contributed by atoms with E-state index >= 15 is 0 Å². The summed E-state index contributed by atoms with van der Waals surface area (Å²) in [4.78, 5) is 21.9. The van der Waals surface area contributed by atoms with Crippen LogP contribution in [0.1, 0.15) is 58.1 Å². The number of nitrogens with two attached hydrogens (primary N) is 1. The van der Waals surface area contributed by atoms with Crippen molar-refractivity contribution in [1.29, 1.82) is 0 Å². The van der Waals surface area contributed by atoms with Crippen molar-refractivity contribution in [2.24, 2.45) is 15.7 Å². The van der Waals surface area contributed by atoms with Gasteiger partial charge in [-0.25, -0.2) is 4.79 Å². The van der Waals surface area contributed by atoms with Gasteiger partial charge in [0.2, 0.25) is 0 Å². The predicted molar refractivity (Wildman–Crippen MR) is 172 cm³/mol. The average Bonchev–Trinajstić information content (AvgIpc) is 3.70. The monoisotopic (exact) mass is 580 g/mol. The smallest absolute Gasteiger partial charge is 0.410 e. The van der Waals surface area contributed by atoms with E-state index in [-0.39, 0.29) is 17.7 Å². The van der Waals surface area contributed by atoms with E-state index in [0.717, 1.165) is 74.3 Å². The highest BCUT2D eigenvalue weighted by molar-refractivity contribution is 6.30. The molecule has 0 bridgehead atoms. The number of nitrogens with one attached hydrogen (secondary N) is 2. The van der Waals surface area contributed by atoms with Crippen LogP contribution >= 0.6 is 11.6 Å². The molecule has 9 heteroatoms. The fourth-order valence-electron chi connectivity index (χ4n) is 4.56. The van der Waals surface area contributed by atoms with Crippen molar-refractivity contribution in [2.75, 3.05) is 33.2 Å². The van der Waals surface area contributed by atoms with E-state index in [1.54, 1.807) is 18.3 Å². The van der Waals surface area contributed by atoms with Crippen LogP contribution in [-0.2, 0) is 11.2 Å². The van der Waals surface area contributed by atoms with Gasteiger partial charge in [0.1, 0.15) is 5.60 Å². The molecule has 0 aromatic heterocycles. The second-order valence-corrected chi connectivity index (χ2v) is 11.1. The number of piperazine rings is 1. The summed E-state index contributed by atoms with van der Waals surface area (Å²) in [6.45, 7) is 11.3. The predicted octanol–water partition coefficient (Wildman–Crippen LogP) is 5.65. The summed E-state index contributed by atoms with van der Waals surface area (Å²) < 4.78 is 5.35. The molecule has 0 unspecified atom stereocenters. The van der Waals surface area contributed by atoms with Crippen LogP contribution in [0.5, 0.6) is 0 Å². The Balaban J connectivity index is 0.000000294. The van der Waals surface area contributed by atoms with Gasteiger partial charge < -0.3 is 26.0 Å². The number of halogens is 1. The molecule has 3 aliphatic rings. The number of amides is 1. The van der Waals surface area contributed by atoms with Crippen molar-refractivity contribution in [2.45, 2.75) is 65.0 Å². The first kappa shape index (κ1) is 32.3. The summed E-state index contributed by atoms with van der Waals surface area (Å²) in [6.07, 6.45) is 15.1. The van der Waals surface area contributed by atoms with Gasteiger partial charge in [-0.3, -0.25) is 9.98 Å². The maximum absolute atomic E-state index is 11.5. The van der Waals surface area contributed by atoms with Gasteiger partial charge in [0.15, 0.2) is 0 Å². The fraction of sp³-hybridized carbons (Fsp3) is 0.469. The molecule has 1 heterocycles. The molecule has 1 atom stereocenters. The second-order valence-electron chi connectivity index (χ2n) is 10.7. The van der Waals surface area contributed by atoms with Crippen LogP contribution in [0.4, 0.5) is 4.79 Å². The molecule has 41 heavy (non-hydrogen) atoms. The summed E-state index contributed by atoms with van der Waals surface area (Å²) in [5, 5.41) is 6.94. The Morgan fingerprint density at radius 2 is 2.00 bits per heavy atom. The molecule has 1 saturated carbocycles. The Kier molecular flexibility index (Phi) is 12.4. The number of aliphatic imine (C=N–C) groups is 2. The zero-order chi connectivity index (χ0) is 29.8. The number of benzene rings is 1. The lowest BCUT2D eigenvalue weighted by molar-refractivity contribution is 0.0555. The zero-order valence-corrected chi connectivity index (χ0v) is 25.8. The number of carbonyl (C=O) groups excluding carboxylic acids is 1. The van der Waals surface area contributed by atoms with Crippen LogP contribution in [0.25, 0.3) is 5.57 Å². The number of rotatable bonds is 6.